The molecule has 20 heavy (non-hydrogen) atoms. The molecule has 0 unspecified atom stereocenters. The maximum absolute atomic E-state index is 12.1. The van der Waals surface area contributed by atoms with Crippen LogP contribution in [0.5, 0.6) is 0 Å². The van der Waals surface area contributed by atoms with Crippen molar-refractivity contribution in [3.63, 3.8) is 0 Å². The molecule has 0 saturated heterocycles. The Labute approximate surface area is 118 Å². The summed E-state index contributed by atoms with van der Waals surface area (Å²) < 4.78 is 32.4. The largest absolute Gasteiger partial charge is 0.334 e. The van der Waals surface area contributed by atoms with Gasteiger partial charge < -0.3 is 9.05 Å². The van der Waals surface area contributed by atoms with Gasteiger partial charge >= 0.3 is 7.60 Å². The Morgan fingerprint density at radius 3 is 2.10 bits per heavy atom. The average Bonchev–Trinajstić information content (AvgIpc) is 2.48. The predicted octanol–water partition coefficient (Wildman–Crippen LogP) is 3.21. The minimum atomic E-state index is -3.33. The molecular weight excluding hydrogens is 298 g/mol. The van der Waals surface area contributed by atoms with Gasteiger partial charge in [0.05, 0.1) is 35.6 Å². The average molecular weight is 310 g/mol. The van der Waals surface area contributed by atoms with Crippen LogP contribution in [-0.4, -0.2) is 14.2 Å². The molecule has 1 aromatic rings. The van der Waals surface area contributed by atoms with Crippen molar-refractivity contribution in [3.05, 3.63) is 34.4 Å². The number of hydrogen-bond acceptors (Lipinski definition) is 6. The van der Waals surface area contributed by atoms with Crippen molar-refractivity contribution < 1.29 is 18.2 Å². The van der Waals surface area contributed by atoms with E-state index in [9.17, 15) is 9.13 Å². The summed E-state index contributed by atoms with van der Waals surface area (Å²) in [6.07, 6.45) is 0.0387. The number of hydrogen-bond donors (Lipinski definition) is 0. The third-order valence-electron chi connectivity index (χ3n) is 2.73. The van der Waals surface area contributed by atoms with Crippen LogP contribution in [0.4, 0.5) is 0 Å². The van der Waals surface area contributed by atoms with Gasteiger partial charge in [0.1, 0.15) is 0 Å². The lowest BCUT2D eigenvalue weighted by atomic mass is 10.0. The molecule has 104 valence electrons. The molecule has 0 N–H and O–H groups in total. The Kier molecular flexibility index (Phi) is 6.02. The number of rotatable bonds is 6. The summed E-state index contributed by atoms with van der Waals surface area (Å²) in [5, 5.41) is 18.2. The van der Waals surface area contributed by atoms with Gasteiger partial charge in [-0.05, 0) is 23.3 Å². The van der Waals surface area contributed by atoms with Gasteiger partial charge in [-0.25, -0.2) is 0 Å². The Morgan fingerprint density at radius 1 is 1.15 bits per heavy atom. The van der Waals surface area contributed by atoms with E-state index in [2.05, 4.69) is 0 Å². The third-order valence-corrected chi connectivity index (χ3v) is 5.04. The fraction of sp³-hybridized carbons (Fsp3) is 0.333. The molecule has 0 aliphatic heterocycles. The van der Waals surface area contributed by atoms with Crippen molar-refractivity contribution in [1.82, 2.24) is 0 Å². The lowest BCUT2D eigenvalue weighted by Crippen LogP contribution is -1.99. The third kappa shape index (κ3) is 3.73. The van der Waals surface area contributed by atoms with E-state index >= 15 is 0 Å². The molecule has 0 fully saturated rings. The van der Waals surface area contributed by atoms with Crippen molar-refractivity contribution in [2.45, 2.75) is 12.3 Å². The normalized spacial score (nSPS) is 11.0. The van der Waals surface area contributed by atoms with Gasteiger partial charge in [-0.3, -0.25) is 9.13 Å². The molecule has 6 nitrogen and oxygen atoms in total. The van der Waals surface area contributed by atoms with E-state index in [1.54, 1.807) is 0 Å². The van der Waals surface area contributed by atoms with Gasteiger partial charge in [0.15, 0.2) is 8.46 Å². The van der Waals surface area contributed by atoms with E-state index < -0.39 is 7.60 Å². The van der Waals surface area contributed by atoms with E-state index in [0.717, 1.165) is 0 Å². The minimum Gasteiger partial charge on any atom is -0.312 e. The molecule has 0 saturated carbocycles. The Morgan fingerprint density at radius 2 is 1.65 bits per heavy atom. The number of nitrogens with zero attached hydrogens (tertiary/aromatic N) is 2. The molecule has 0 spiro atoms. The van der Waals surface area contributed by atoms with Crippen LogP contribution in [0.25, 0.3) is 0 Å². The van der Waals surface area contributed by atoms with Crippen LogP contribution in [0.15, 0.2) is 12.1 Å². The molecule has 0 amide bonds. The van der Waals surface area contributed by atoms with E-state index in [-0.39, 0.29) is 26.3 Å². The van der Waals surface area contributed by atoms with Crippen molar-refractivity contribution in [3.8, 4) is 12.1 Å². The second-order valence-corrected chi connectivity index (χ2v) is 6.65. The molecule has 1 aromatic carbocycles. The summed E-state index contributed by atoms with van der Waals surface area (Å²) in [6.45, 7) is 0. The lowest BCUT2D eigenvalue weighted by Gasteiger charge is -2.15. The van der Waals surface area contributed by atoms with E-state index in [1.165, 1.54) is 26.4 Å². The van der Waals surface area contributed by atoms with E-state index in [4.69, 9.17) is 19.6 Å². The predicted molar refractivity (Wildman–Crippen MR) is 72.5 cm³/mol. The maximum Gasteiger partial charge on any atom is 0.334 e. The quantitative estimate of drug-likeness (QED) is 0.748. The van der Waals surface area contributed by atoms with Gasteiger partial charge in [0.25, 0.3) is 0 Å². The topological polar surface area (TPSA) is 100 Å². The van der Waals surface area contributed by atoms with Gasteiger partial charge in [0, 0.05) is 14.2 Å². The van der Waals surface area contributed by atoms with Crippen LogP contribution < -0.4 is 0 Å². The van der Waals surface area contributed by atoms with Gasteiger partial charge in [0.2, 0.25) is 0 Å². The zero-order chi connectivity index (χ0) is 15.2. The van der Waals surface area contributed by atoms with Crippen molar-refractivity contribution in [1.29, 1.82) is 10.5 Å². The summed E-state index contributed by atoms with van der Waals surface area (Å²) in [5.41, 5.74) is 1.47. The monoisotopic (exact) mass is 310 g/mol. The zero-order valence-electron chi connectivity index (χ0n) is 11.0. The van der Waals surface area contributed by atoms with Crippen LogP contribution in [-0.2, 0) is 30.5 Å². The highest BCUT2D eigenvalue weighted by Crippen LogP contribution is 2.50. The number of nitriles is 2. The first-order valence-electron chi connectivity index (χ1n) is 5.49. The molecule has 0 aromatic heterocycles. The second kappa shape index (κ2) is 7.29. The fourth-order valence-electron chi connectivity index (χ4n) is 1.64. The highest BCUT2D eigenvalue weighted by atomic mass is 31.2. The smallest absolute Gasteiger partial charge is 0.312 e. The minimum absolute atomic E-state index is 0.104. The van der Waals surface area contributed by atoms with Crippen LogP contribution in [0.2, 0.25) is 0 Å². The summed E-state index contributed by atoms with van der Waals surface area (Å²) in [6, 6.07) is 6.88. The molecule has 1 rings (SSSR count). The SMILES string of the molecule is COP(=O)(Cc1cc(C#N)c(CP=O)cc1C#N)OC. The molecule has 0 heterocycles. The van der Waals surface area contributed by atoms with Crippen molar-refractivity contribution in [2.24, 2.45) is 0 Å². The first-order chi connectivity index (χ1) is 9.53. The Bertz CT molecular complexity index is 638. The standard InChI is InChI=1S/C12H12N2O4P2/c1-17-20(16,18-2)8-12-4-9(5-13)11(7-19-15)3-10(12)6-14/h3-4H,7-8H2,1-2H3. The second-order valence-electron chi connectivity index (χ2n) is 3.81. The van der Waals surface area contributed by atoms with Crippen LogP contribution in [0.1, 0.15) is 22.3 Å². The summed E-state index contributed by atoms with van der Waals surface area (Å²) in [7, 11) is -0.955. The lowest BCUT2D eigenvalue weighted by molar-refractivity contribution is 0.275. The molecule has 0 bridgehead atoms. The molecule has 0 aliphatic rings. The van der Waals surface area contributed by atoms with Crippen LogP contribution in [0, 0.1) is 22.7 Å². The highest BCUT2D eigenvalue weighted by Gasteiger charge is 2.24. The molecular formula is C12H12N2O4P2. The Hall–Kier alpha value is -1.55. The zero-order valence-corrected chi connectivity index (χ0v) is 12.8. The summed E-state index contributed by atoms with van der Waals surface area (Å²) in [4.78, 5) is 0. The summed E-state index contributed by atoms with van der Waals surface area (Å²) in [5.74, 6) is 0. The van der Waals surface area contributed by atoms with Crippen molar-refractivity contribution >= 4 is 16.1 Å². The summed E-state index contributed by atoms with van der Waals surface area (Å²) >= 11 is 0. The highest BCUT2D eigenvalue weighted by molar-refractivity contribution is 7.52. The number of benzene rings is 1. The van der Waals surface area contributed by atoms with Crippen LogP contribution in [0.3, 0.4) is 0 Å². The van der Waals surface area contributed by atoms with E-state index in [1.807, 2.05) is 12.1 Å². The fourth-order valence-corrected chi connectivity index (χ4v) is 3.13. The van der Waals surface area contributed by atoms with Gasteiger partial charge in [-0.15, -0.1) is 0 Å². The molecule has 8 heteroatoms. The first kappa shape index (κ1) is 16.5. The molecule has 0 atom stereocenters. The van der Waals surface area contributed by atoms with Crippen molar-refractivity contribution in [2.75, 3.05) is 14.2 Å². The Balaban J connectivity index is 3.34. The molecule has 0 radical (unpaired) electrons. The first-order valence-corrected chi connectivity index (χ1v) is 8.21. The van der Waals surface area contributed by atoms with Gasteiger partial charge in [-0.1, -0.05) is 0 Å². The van der Waals surface area contributed by atoms with Crippen LogP contribution >= 0.6 is 16.1 Å². The van der Waals surface area contributed by atoms with E-state index in [0.29, 0.717) is 16.7 Å². The maximum atomic E-state index is 12.1. The molecule has 0 aliphatic carbocycles. The van der Waals surface area contributed by atoms with Gasteiger partial charge in [-0.2, -0.15) is 10.5 Å².